The van der Waals surface area contributed by atoms with Crippen LogP contribution in [0, 0.1) is 0 Å². The van der Waals surface area contributed by atoms with Gasteiger partial charge in [-0.2, -0.15) is 0 Å². The normalized spacial score (nSPS) is 14.5. The monoisotopic (exact) mass is 461 g/mol. The van der Waals surface area contributed by atoms with Crippen LogP contribution in [0.15, 0.2) is 48.5 Å². The van der Waals surface area contributed by atoms with E-state index in [1.165, 1.54) is 0 Å². The number of aromatic nitrogens is 1. The fourth-order valence-corrected chi connectivity index (χ4v) is 4.35. The van der Waals surface area contributed by atoms with Crippen LogP contribution in [0.25, 0.3) is 22.4 Å². The van der Waals surface area contributed by atoms with Gasteiger partial charge in [-0.25, -0.2) is 4.98 Å². The first kappa shape index (κ1) is 21.9. The number of hydrogen-bond acceptors (Lipinski definition) is 7. The number of aromatic hydroxyl groups is 1. The molecule has 2 aliphatic rings. The number of carbonyl (C=O) groups excluding carboxylic acids is 1. The predicted octanol–water partition coefficient (Wildman–Crippen LogP) is 4.28. The lowest BCUT2D eigenvalue weighted by atomic mass is 10.0. The summed E-state index contributed by atoms with van der Waals surface area (Å²) in [6.07, 6.45) is 2.41. The van der Waals surface area contributed by atoms with Gasteiger partial charge in [-0.1, -0.05) is 12.1 Å². The molecular formula is C26H27N3O5. The van der Waals surface area contributed by atoms with E-state index in [1.54, 1.807) is 25.3 Å². The molecule has 8 heteroatoms. The van der Waals surface area contributed by atoms with Crippen molar-refractivity contribution in [3.05, 3.63) is 48.5 Å². The summed E-state index contributed by atoms with van der Waals surface area (Å²) < 4.78 is 16.5. The highest BCUT2D eigenvalue weighted by Crippen LogP contribution is 2.43. The average Bonchev–Trinajstić information content (AvgIpc) is 3.50. The molecule has 1 amide bonds. The summed E-state index contributed by atoms with van der Waals surface area (Å²) in [7, 11) is 1.56. The number of fused-ring (bicyclic) bond motifs is 1. The number of pyridine rings is 1. The molecular weight excluding hydrogens is 434 g/mol. The van der Waals surface area contributed by atoms with E-state index in [1.807, 2.05) is 35.2 Å². The van der Waals surface area contributed by atoms with Crippen molar-refractivity contribution in [2.24, 2.45) is 0 Å². The molecule has 5 rings (SSSR count). The van der Waals surface area contributed by atoms with Gasteiger partial charge in [-0.15, -0.1) is 0 Å². The largest absolute Gasteiger partial charge is 0.507 e. The van der Waals surface area contributed by atoms with E-state index < -0.39 is 0 Å². The van der Waals surface area contributed by atoms with Crippen LogP contribution in [0.1, 0.15) is 19.3 Å². The zero-order valence-electron chi connectivity index (χ0n) is 19.0. The Morgan fingerprint density at radius 1 is 1.15 bits per heavy atom. The number of hydrogen-bond donors (Lipinski definition) is 2. The number of rotatable bonds is 8. The van der Waals surface area contributed by atoms with Gasteiger partial charge in [0.15, 0.2) is 11.5 Å². The first-order chi connectivity index (χ1) is 16.6. The second-order valence-electron chi connectivity index (χ2n) is 8.31. The molecule has 2 aliphatic heterocycles. The summed E-state index contributed by atoms with van der Waals surface area (Å²) in [5.74, 6) is 2.95. The van der Waals surface area contributed by atoms with E-state index in [-0.39, 0.29) is 18.4 Å². The minimum Gasteiger partial charge on any atom is -0.507 e. The number of likely N-dealkylation sites (tertiary alicyclic amines) is 1. The maximum atomic E-state index is 11.9. The Morgan fingerprint density at radius 3 is 2.85 bits per heavy atom. The maximum Gasteiger partial charge on any atom is 0.231 e. The Hall–Kier alpha value is -3.94. The molecule has 1 fully saturated rings. The van der Waals surface area contributed by atoms with Gasteiger partial charge in [-0.3, -0.25) is 4.79 Å². The number of ether oxygens (including phenoxy) is 3. The van der Waals surface area contributed by atoms with E-state index in [2.05, 4.69) is 5.32 Å². The molecule has 0 atom stereocenters. The Labute approximate surface area is 198 Å². The van der Waals surface area contributed by atoms with Crippen molar-refractivity contribution >= 4 is 11.7 Å². The number of phenolic OH excluding ortho intramolecular Hbond substituents is 1. The van der Waals surface area contributed by atoms with Crippen molar-refractivity contribution in [1.29, 1.82) is 0 Å². The smallest absolute Gasteiger partial charge is 0.231 e. The standard InChI is InChI=1S/C26H27N3O5/c1-32-18-8-9-20(22(30)15-18)21-13-17(19-5-2-6-23-26(19)34-16-33-23)14-24(28-21)27-10-4-12-29-11-3-7-25(29)31/h2,5-6,8-9,13-15,30H,3-4,7,10-12,16H2,1H3,(H,27,28). The molecule has 34 heavy (non-hydrogen) atoms. The minimum absolute atomic E-state index is 0.0837. The first-order valence-corrected chi connectivity index (χ1v) is 11.4. The fraction of sp³-hybridized carbons (Fsp3) is 0.308. The van der Waals surface area contributed by atoms with Crippen molar-refractivity contribution in [1.82, 2.24) is 9.88 Å². The Kier molecular flexibility index (Phi) is 6.12. The third-order valence-electron chi connectivity index (χ3n) is 6.10. The quantitative estimate of drug-likeness (QED) is 0.484. The number of phenols is 1. The topological polar surface area (TPSA) is 93.2 Å². The number of benzene rings is 2. The van der Waals surface area contributed by atoms with E-state index >= 15 is 0 Å². The number of nitrogens with one attached hydrogen (secondary N) is 1. The Bertz CT molecular complexity index is 1210. The zero-order chi connectivity index (χ0) is 23.5. The molecule has 176 valence electrons. The molecule has 3 aromatic rings. The van der Waals surface area contributed by atoms with Crippen molar-refractivity contribution in [3.63, 3.8) is 0 Å². The molecule has 2 aromatic carbocycles. The van der Waals surface area contributed by atoms with Crippen molar-refractivity contribution < 1.29 is 24.1 Å². The lowest BCUT2D eigenvalue weighted by Gasteiger charge is -2.16. The summed E-state index contributed by atoms with van der Waals surface area (Å²) in [6.45, 7) is 2.42. The van der Waals surface area contributed by atoms with Gasteiger partial charge in [-0.05, 0) is 48.7 Å². The van der Waals surface area contributed by atoms with Gasteiger partial charge in [0.25, 0.3) is 0 Å². The van der Waals surface area contributed by atoms with E-state index in [4.69, 9.17) is 19.2 Å². The highest BCUT2D eigenvalue weighted by molar-refractivity contribution is 5.81. The molecule has 1 saturated heterocycles. The molecule has 1 aromatic heterocycles. The lowest BCUT2D eigenvalue weighted by molar-refractivity contribution is -0.127. The number of amides is 1. The average molecular weight is 462 g/mol. The SMILES string of the molecule is COc1ccc(-c2cc(-c3cccc4c3OCO4)cc(NCCCN3CCCC3=O)n2)c(O)c1. The van der Waals surface area contributed by atoms with Crippen LogP contribution < -0.4 is 19.5 Å². The van der Waals surface area contributed by atoms with Gasteiger partial charge in [0, 0.05) is 43.2 Å². The summed E-state index contributed by atoms with van der Waals surface area (Å²) in [6, 6.07) is 14.8. The van der Waals surface area contributed by atoms with Crippen molar-refractivity contribution in [2.75, 3.05) is 38.9 Å². The summed E-state index contributed by atoms with van der Waals surface area (Å²) in [4.78, 5) is 18.5. The van der Waals surface area contributed by atoms with Crippen LogP contribution in [-0.2, 0) is 4.79 Å². The molecule has 0 spiro atoms. The van der Waals surface area contributed by atoms with Crippen molar-refractivity contribution in [3.8, 4) is 45.4 Å². The molecule has 8 nitrogen and oxygen atoms in total. The third-order valence-corrected chi connectivity index (χ3v) is 6.10. The third kappa shape index (κ3) is 4.44. The van der Waals surface area contributed by atoms with Crippen LogP contribution in [0.5, 0.6) is 23.0 Å². The number of nitrogens with zero attached hydrogens (tertiary/aromatic N) is 2. The molecule has 0 radical (unpaired) electrons. The molecule has 0 unspecified atom stereocenters. The highest BCUT2D eigenvalue weighted by atomic mass is 16.7. The summed E-state index contributed by atoms with van der Waals surface area (Å²) in [5.41, 5.74) is 2.99. The second-order valence-corrected chi connectivity index (χ2v) is 8.31. The maximum absolute atomic E-state index is 11.9. The van der Waals surface area contributed by atoms with Gasteiger partial charge >= 0.3 is 0 Å². The molecule has 0 saturated carbocycles. The minimum atomic E-state index is 0.0837. The molecule has 0 aliphatic carbocycles. The van der Waals surface area contributed by atoms with Crippen LogP contribution in [-0.4, -0.2) is 54.4 Å². The lowest BCUT2D eigenvalue weighted by Crippen LogP contribution is -2.27. The van der Waals surface area contributed by atoms with Gasteiger partial charge in [0.05, 0.1) is 12.8 Å². The second kappa shape index (κ2) is 9.51. The molecule has 0 bridgehead atoms. The number of methoxy groups -OCH3 is 1. The number of para-hydroxylation sites is 1. The van der Waals surface area contributed by atoms with E-state index in [0.717, 1.165) is 37.1 Å². The molecule has 3 heterocycles. The summed E-state index contributed by atoms with van der Waals surface area (Å²) >= 11 is 0. The summed E-state index contributed by atoms with van der Waals surface area (Å²) in [5, 5.41) is 14.0. The van der Waals surface area contributed by atoms with E-state index in [0.29, 0.717) is 47.3 Å². The van der Waals surface area contributed by atoms with Gasteiger partial charge in [0.1, 0.15) is 17.3 Å². The van der Waals surface area contributed by atoms with Gasteiger partial charge < -0.3 is 29.5 Å². The Balaban J connectivity index is 1.45. The van der Waals surface area contributed by atoms with Gasteiger partial charge in [0.2, 0.25) is 12.7 Å². The highest BCUT2D eigenvalue weighted by Gasteiger charge is 2.21. The molecule has 2 N–H and O–H groups in total. The van der Waals surface area contributed by atoms with Crippen LogP contribution in [0.3, 0.4) is 0 Å². The van der Waals surface area contributed by atoms with Crippen LogP contribution >= 0.6 is 0 Å². The number of anilines is 1. The van der Waals surface area contributed by atoms with Crippen LogP contribution in [0.4, 0.5) is 5.82 Å². The predicted molar refractivity (Wildman–Crippen MR) is 128 cm³/mol. The Morgan fingerprint density at radius 2 is 2.06 bits per heavy atom. The fourth-order valence-electron chi connectivity index (χ4n) is 4.35. The van der Waals surface area contributed by atoms with E-state index in [9.17, 15) is 9.90 Å². The first-order valence-electron chi connectivity index (χ1n) is 11.4. The van der Waals surface area contributed by atoms with Crippen molar-refractivity contribution in [2.45, 2.75) is 19.3 Å². The number of carbonyl (C=O) groups is 1. The van der Waals surface area contributed by atoms with Crippen LogP contribution in [0.2, 0.25) is 0 Å². The zero-order valence-corrected chi connectivity index (χ0v) is 19.0.